The molecule has 2 N–H and O–H groups in total. The zero-order chi connectivity index (χ0) is 12.0. The van der Waals surface area contributed by atoms with Crippen LogP contribution in [0.15, 0.2) is 29.2 Å². The van der Waals surface area contributed by atoms with E-state index in [1.165, 1.54) is 16.9 Å². The minimum atomic E-state index is 0.321. The van der Waals surface area contributed by atoms with E-state index >= 15 is 0 Å². The van der Waals surface area contributed by atoms with Crippen LogP contribution < -0.4 is 5.73 Å². The van der Waals surface area contributed by atoms with Crippen LogP contribution in [0.5, 0.6) is 0 Å². The number of thioether (sulfide) groups is 1. The number of benzene rings is 1. The molecule has 16 heavy (non-hydrogen) atoms. The van der Waals surface area contributed by atoms with Gasteiger partial charge < -0.3 is 5.73 Å². The molecule has 2 atom stereocenters. The molecular weight excluding hydrogens is 214 g/mol. The van der Waals surface area contributed by atoms with E-state index in [1.54, 1.807) is 0 Å². The van der Waals surface area contributed by atoms with Crippen molar-refractivity contribution in [2.45, 2.75) is 44.6 Å². The summed E-state index contributed by atoms with van der Waals surface area (Å²) in [6, 6.07) is 8.98. The summed E-state index contributed by atoms with van der Waals surface area (Å²) in [6.45, 7) is 6.62. The first kappa shape index (κ1) is 13.6. The van der Waals surface area contributed by atoms with E-state index in [-0.39, 0.29) is 0 Å². The Morgan fingerprint density at radius 3 is 2.44 bits per heavy atom. The van der Waals surface area contributed by atoms with Crippen LogP contribution in [0.25, 0.3) is 0 Å². The lowest BCUT2D eigenvalue weighted by Gasteiger charge is -2.15. The molecule has 0 bridgehead atoms. The van der Waals surface area contributed by atoms with Crippen molar-refractivity contribution in [2.75, 3.05) is 5.75 Å². The molecule has 0 amide bonds. The number of aryl methyl sites for hydroxylation is 1. The molecule has 1 aromatic carbocycles. The molecule has 0 fully saturated rings. The van der Waals surface area contributed by atoms with Crippen molar-refractivity contribution in [3.63, 3.8) is 0 Å². The van der Waals surface area contributed by atoms with Gasteiger partial charge in [0.1, 0.15) is 0 Å². The first-order chi connectivity index (χ1) is 7.61. The van der Waals surface area contributed by atoms with Crippen molar-refractivity contribution in [2.24, 2.45) is 11.7 Å². The van der Waals surface area contributed by atoms with Gasteiger partial charge in [0, 0.05) is 16.7 Å². The van der Waals surface area contributed by atoms with Crippen molar-refractivity contribution in [1.82, 2.24) is 0 Å². The van der Waals surface area contributed by atoms with E-state index in [9.17, 15) is 0 Å². The molecule has 2 heteroatoms. The predicted octanol–water partition coefficient (Wildman–Crippen LogP) is 3.85. The second kappa shape index (κ2) is 6.97. The van der Waals surface area contributed by atoms with Gasteiger partial charge in [-0.1, -0.05) is 38.0 Å². The molecule has 0 radical (unpaired) electrons. The van der Waals surface area contributed by atoms with Crippen LogP contribution >= 0.6 is 11.8 Å². The first-order valence-corrected chi connectivity index (χ1v) is 7.05. The van der Waals surface area contributed by atoms with Crippen LogP contribution in [-0.4, -0.2) is 11.8 Å². The highest BCUT2D eigenvalue weighted by Gasteiger charge is 2.07. The fourth-order valence-electron chi connectivity index (χ4n) is 1.59. The summed E-state index contributed by atoms with van der Waals surface area (Å²) in [4.78, 5) is 1.32. The van der Waals surface area contributed by atoms with E-state index in [1.807, 2.05) is 11.8 Å². The Bertz CT molecular complexity index is 294. The second-order valence-corrected chi connectivity index (χ2v) is 5.73. The highest BCUT2D eigenvalue weighted by Crippen LogP contribution is 2.20. The van der Waals surface area contributed by atoms with Crippen LogP contribution in [0.3, 0.4) is 0 Å². The largest absolute Gasteiger partial charge is 0.327 e. The highest BCUT2D eigenvalue weighted by molar-refractivity contribution is 7.99. The molecule has 0 saturated carbocycles. The van der Waals surface area contributed by atoms with Crippen molar-refractivity contribution in [3.05, 3.63) is 29.8 Å². The number of rotatable bonds is 6. The highest BCUT2D eigenvalue weighted by atomic mass is 32.2. The zero-order valence-electron chi connectivity index (χ0n) is 10.6. The van der Waals surface area contributed by atoms with Crippen molar-refractivity contribution >= 4 is 11.8 Å². The molecule has 0 aliphatic heterocycles. The number of hydrogen-bond acceptors (Lipinski definition) is 2. The number of hydrogen-bond donors (Lipinski definition) is 1. The molecule has 1 rings (SSSR count). The van der Waals surface area contributed by atoms with Gasteiger partial charge in [-0.25, -0.2) is 0 Å². The maximum Gasteiger partial charge on any atom is 0.0136 e. The van der Waals surface area contributed by atoms with Gasteiger partial charge in [0.15, 0.2) is 0 Å². The average Bonchev–Trinajstić information content (AvgIpc) is 2.28. The molecular formula is C14H23NS. The van der Waals surface area contributed by atoms with Gasteiger partial charge in [0.25, 0.3) is 0 Å². The molecule has 2 unspecified atom stereocenters. The Morgan fingerprint density at radius 1 is 1.25 bits per heavy atom. The minimum absolute atomic E-state index is 0.321. The lowest BCUT2D eigenvalue weighted by Crippen LogP contribution is -2.25. The van der Waals surface area contributed by atoms with Crippen molar-refractivity contribution in [1.29, 1.82) is 0 Å². The van der Waals surface area contributed by atoms with Crippen LogP contribution in [0.4, 0.5) is 0 Å². The summed E-state index contributed by atoms with van der Waals surface area (Å²) in [6.07, 6.45) is 2.36. The normalized spacial score (nSPS) is 14.8. The quantitative estimate of drug-likeness (QED) is 0.761. The summed E-state index contributed by atoms with van der Waals surface area (Å²) in [5.41, 5.74) is 7.42. The maximum absolute atomic E-state index is 6.11. The van der Waals surface area contributed by atoms with Crippen LogP contribution in [-0.2, 0) is 0 Å². The Balaban J connectivity index is 2.31. The topological polar surface area (TPSA) is 26.0 Å². The van der Waals surface area contributed by atoms with Gasteiger partial charge in [0.2, 0.25) is 0 Å². The molecule has 0 aliphatic carbocycles. The monoisotopic (exact) mass is 237 g/mol. The van der Waals surface area contributed by atoms with Crippen molar-refractivity contribution < 1.29 is 0 Å². The van der Waals surface area contributed by atoms with E-state index in [0.29, 0.717) is 6.04 Å². The third-order valence-electron chi connectivity index (χ3n) is 2.89. The molecule has 0 aliphatic rings. The fourth-order valence-corrected chi connectivity index (χ4v) is 2.46. The molecule has 1 aromatic rings. The first-order valence-electron chi connectivity index (χ1n) is 6.06. The van der Waals surface area contributed by atoms with E-state index in [2.05, 4.69) is 45.0 Å². The van der Waals surface area contributed by atoms with Crippen LogP contribution in [0, 0.1) is 12.8 Å². The molecule has 0 heterocycles. The second-order valence-electron chi connectivity index (χ2n) is 4.63. The SMILES string of the molecule is CCC(C)CC(N)CSc1ccc(C)cc1. The summed E-state index contributed by atoms with van der Waals surface area (Å²) >= 11 is 1.86. The Hall–Kier alpha value is -0.470. The molecule has 1 nitrogen and oxygen atoms in total. The summed E-state index contributed by atoms with van der Waals surface area (Å²) in [5, 5.41) is 0. The Morgan fingerprint density at radius 2 is 1.88 bits per heavy atom. The summed E-state index contributed by atoms with van der Waals surface area (Å²) in [5.74, 6) is 1.77. The van der Waals surface area contributed by atoms with Gasteiger partial charge in [-0.15, -0.1) is 11.8 Å². The lowest BCUT2D eigenvalue weighted by molar-refractivity contribution is 0.472. The third-order valence-corrected chi connectivity index (χ3v) is 4.09. The van der Waals surface area contributed by atoms with E-state index in [4.69, 9.17) is 5.73 Å². The van der Waals surface area contributed by atoms with Gasteiger partial charge in [0.05, 0.1) is 0 Å². The summed E-state index contributed by atoms with van der Waals surface area (Å²) in [7, 11) is 0. The van der Waals surface area contributed by atoms with Crippen molar-refractivity contribution in [3.8, 4) is 0 Å². The predicted molar refractivity (Wildman–Crippen MR) is 74.0 cm³/mol. The Kier molecular flexibility index (Phi) is 5.93. The fraction of sp³-hybridized carbons (Fsp3) is 0.571. The van der Waals surface area contributed by atoms with Gasteiger partial charge >= 0.3 is 0 Å². The number of nitrogens with two attached hydrogens (primary N) is 1. The van der Waals surface area contributed by atoms with E-state index < -0.39 is 0 Å². The minimum Gasteiger partial charge on any atom is -0.327 e. The molecule has 90 valence electrons. The zero-order valence-corrected chi connectivity index (χ0v) is 11.4. The van der Waals surface area contributed by atoms with Crippen LogP contribution in [0.1, 0.15) is 32.3 Å². The van der Waals surface area contributed by atoms with E-state index in [0.717, 1.165) is 18.1 Å². The van der Waals surface area contributed by atoms with Gasteiger partial charge in [-0.3, -0.25) is 0 Å². The third kappa shape index (κ3) is 5.04. The lowest BCUT2D eigenvalue weighted by atomic mass is 10.0. The standard InChI is InChI=1S/C14H23NS/c1-4-11(2)9-13(15)10-16-14-7-5-12(3)6-8-14/h5-8,11,13H,4,9-10,15H2,1-3H3. The van der Waals surface area contributed by atoms with Gasteiger partial charge in [-0.2, -0.15) is 0 Å². The molecule has 0 aromatic heterocycles. The average molecular weight is 237 g/mol. The molecule has 0 spiro atoms. The Labute approximate surface area is 104 Å². The maximum atomic E-state index is 6.11. The van der Waals surface area contributed by atoms with Crippen LogP contribution in [0.2, 0.25) is 0 Å². The molecule has 0 saturated heterocycles. The summed E-state index contributed by atoms with van der Waals surface area (Å²) < 4.78 is 0. The van der Waals surface area contributed by atoms with Gasteiger partial charge in [-0.05, 0) is 31.4 Å². The smallest absolute Gasteiger partial charge is 0.0136 e.